The summed E-state index contributed by atoms with van der Waals surface area (Å²) in [6.45, 7) is 0.0983. The fraction of sp³-hybridized carbons (Fsp3) is 0.778. The molecule has 0 aromatic carbocycles. The van der Waals surface area contributed by atoms with Crippen LogP contribution in [-0.2, 0) is 20.9 Å². The van der Waals surface area contributed by atoms with Crippen LogP contribution in [0.15, 0.2) is 4.52 Å². The summed E-state index contributed by atoms with van der Waals surface area (Å²) in [6.07, 6.45) is 9.32. The smallest absolute Gasteiger partial charge is 0.304 e. The molecule has 0 saturated heterocycles. The molecule has 2 rings (SSSR count). The van der Waals surface area contributed by atoms with E-state index in [1.54, 1.807) is 0 Å². The number of carboxylic acid groups (broad SMARTS) is 1. The first-order valence-corrected chi connectivity index (χ1v) is 9.38. The zero-order chi connectivity index (χ0) is 18.8. The van der Waals surface area contributed by atoms with Crippen molar-refractivity contribution in [2.24, 2.45) is 5.92 Å². The number of rotatable bonds is 11. The number of hydrogen-bond acceptors (Lipinski definition) is 6. The summed E-state index contributed by atoms with van der Waals surface area (Å²) < 4.78 is 9.99. The molecule has 146 valence electrons. The highest BCUT2D eigenvalue weighted by atomic mass is 16.5. The third-order valence-corrected chi connectivity index (χ3v) is 4.86. The minimum Gasteiger partial charge on any atom is -0.481 e. The van der Waals surface area contributed by atoms with Crippen molar-refractivity contribution in [2.75, 3.05) is 13.7 Å². The van der Waals surface area contributed by atoms with Crippen LogP contribution in [0.25, 0.3) is 0 Å². The Balaban J connectivity index is 1.85. The van der Waals surface area contributed by atoms with Gasteiger partial charge < -0.3 is 19.7 Å². The zero-order valence-electron chi connectivity index (χ0n) is 15.4. The number of nitrogens with zero attached hydrogens (tertiary/aromatic N) is 2. The number of aromatic nitrogens is 2. The van der Waals surface area contributed by atoms with Gasteiger partial charge in [0.1, 0.15) is 6.61 Å². The van der Waals surface area contributed by atoms with Crippen molar-refractivity contribution in [3.8, 4) is 0 Å². The average Bonchev–Trinajstić information content (AvgIpc) is 3.09. The van der Waals surface area contributed by atoms with Crippen LogP contribution in [0.1, 0.15) is 75.4 Å². The minimum absolute atomic E-state index is 0.0255. The van der Waals surface area contributed by atoms with E-state index in [4.69, 9.17) is 9.26 Å². The van der Waals surface area contributed by atoms with Crippen LogP contribution < -0.4 is 5.32 Å². The molecule has 1 saturated carbocycles. The van der Waals surface area contributed by atoms with Gasteiger partial charge >= 0.3 is 5.97 Å². The molecule has 8 heteroatoms. The molecule has 0 aliphatic heterocycles. The van der Waals surface area contributed by atoms with Crippen molar-refractivity contribution in [1.29, 1.82) is 0 Å². The van der Waals surface area contributed by atoms with Gasteiger partial charge in [0.15, 0.2) is 5.82 Å². The molecule has 0 spiro atoms. The molecule has 0 bridgehead atoms. The summed E-state index contributed by atoms with van der Waals surface area (Å²) >= 11 is 0. The van der Waals surface area contributed by atoms with Crippen LogP contribution in [-0.4, -0.2) is 40.8 Å². The van der Waals surface area contributed by atoms with Gasteiger partial charge in [-0.1, -0.05) is 50.1 Å². The molecule has 1 aliphatic carbocycles. The lowest BCUT2D eigenvalue weighted by molar-refractivity contribution is -0.137. The van der Waals surface area contributed by atoms with Gasteiger partial charge in [-0.2, -0.15) is 4.98 Å². The van der Waals surface area contributed by atoms with Crippen molar-refractivity contribution in [3.05, 3.63) is 11.7 Å². The van der Waals surface area contributed by atoms with Gasteiger partial charge in [0.05, 0.1) is 13.0 Å². The molecule has 0 radical (unpaired) electrons. The van der Waals surface area contributed by atoms with Gasteiger partial charge in [-0.25, -0.2) is 0 Å². The second-order valence-corrected chi connectivity index (χ2v) is 6.99. The first-order chi connectivity index (χ1) is 12.6. The van der Waals surface area contributed by atoms with E-state index in [0.717, 1.165) is 25.2 Å². The highest BCUT2D eigenvalue weighted by Crippen LogP contribution is 2.31. The molecular weight excluding hydrogens is 338 g/mol. The predicted molar refractivity (Wildman–Crippen MR) is 93.4 cm³/mol. The van der Waals surface area contributed by atoms with Crippen LogP contribution in [0, 0.1) is 5.92 Å². The van der Waals surface area contributed by atoms with Gasteiger partial charge in [-0.15, -0.1) is 0 Å². The fourth-order valence-electron chi connectivity index (χ4n) is 3.52. The lowest BCUT2D eigenvalue weighted by Gasteiger charge is -2.21. The Bertz CT molecular complexity index is 569. The molecule has 26 heavy (non-hydrogen) atoms. The Morgan fingerprint density at radius 2 is 2.12 bits per heavy atom. The number of carbonyl (C=O) groups is 2. The van der Waals surface area contributed by atoms with Gasteiger partial charge in [-0.05, 0) is 12.3 Å². The van der Waals surface area contributed by atoms with Gasteiger partial charge in [0.25, 0.3) is 0 Å². The summed E-state index contributed by atoms with van der Waals surface area (Å²) in [5.41, 5.74) is 0. The average molecular weight is 367 g/mol. The highest BCUT2D eigenvalue weighted by Gasteiger charge is 2.23. The van der Waals surface area contributed by atoms with E-state index in [9.17, 15) is 14.7 Å². The molecule has 1 fully saturated rings. The summed E-state index contributed by atoms with van der Waals surface area (Å²) in [4.78, 5) is 26.8. The second kappa shape index (κ2) is 10.9. The second-order valence-electron chi connectivity index (χ2n) is 6.99. The van der Waals surface area contributed by atoms with E-state index >= 15 is 0 Å². The third-order valence-electron chi connectivity index (χ3n) is 4.86. The quantitative estimate of drug-likeness (QED) is 0.618. The van der Waals surface area contributed by atoms with Crippen LogP contribution >= 0.6 is 0 Å². The Morgan fingerprint density at radius 3 is 2.81 bits per heavy atom. The number of nitrogens with one attached hydrogen (secondary N) is 1. The summed E-state index contributed by atoms with van der Waals surface area (Å²) in [5.74, 6) is 0.0175. The molecular formula is C18H29N3O5. The maximum atomic E-state index is 11.4. The van der Waals surface area contributed by atoms with Crippen LogP contribution in [0.4, 0.5) is 0 Å². The van der Waals surface area contributed by atoms with Crippen molar-refractivity contribution in [2.45, 2.75) is 70.3 Å². The number of carboxylic acids is 1. The maximum Gasteiger partial charge on any atom is 0.304 e. The number of amides is 1. The topological polar surface area (TPSA) is 115 Å². The lowest BCUT2D eigenvalue weighted by atomic mass is 9.84. The molecule has 0 unspecified atom stereocenters. The number of aliphatic carboxylic acids is 1. The Kier molecular flexibility index (Phi) is 8.53. The molecule has 1 heterocycles. The molecule has 2 N–H and O–H groups in total. The number of carbonyl (C=O) groups excluding carboxylic acids is 1. The van der Waals surface area contributed by atoms with Crippen LogP contribution in [0.2, 0.25) is 0 Å². The number of hydrogen-bond donors (Lipinski definition) is 2. The Morgan fingerprint density at radius 1 is 1.35 bits per heavy atom. The Hall–Kier alpha value is -1.96. The highest BCUT2D eigenvalue weighted by molar-refractivity contribution is 5.77. The van der Waals surface area contributed by atoms with Crippen molar-refractivity contribution >= 4 is 11.9 Å². The normalized spacial score (nSPS) is 16.3. The van der Waals surface area contributed by atoms with E-state index in [1.165, 1.54) is 39.2 Å². The SMILES string of the molecule is COCC(=O)NCc1noc([C@H](CCCC2CCCCC2)CC(=O)O)n1. The molecule has 1 amide bonds. The lowest BCUT2D eigenvalue weighted by Crippen LogP contribution is -2.27. The number of methoxy groups -OCH3 is 1. The van der Waals surface area contributed by atoms with Gasteiger partial charge in [0.2, 0.25) is 11.8 Å². The molecule has 1 aromatic heterocycles. The molecule has 1 aromatic rings. The first kappa shape index (κ1) is 20.4. The summed E-state index contributed by atoms with van der Waals surface area (Å²) in [5, 5.41) is 15.6. The summed E-state index contributed by atoms with van der Waals surface area (Å²) in [6, 6.07) is 0. The van der Waals surface area contributed by atoms with E-state index in [-0.39, 0.29) is 31.4 Å². The van der Waals surface area contributed by atoms with Gasteiger partial charge in [0, 0.05) is 13.0 Å². The zero-order valence-corrected chi connectivity index (χ0v) is 15.4. The predicted octanol–water partition coefficient (Wildman–Crippen LogP) is 2.64. The van der Waals surface area contributed by atoms with Crippen LogP contribution in [0.3, 0.4) is 0 Å². The fourth-order valence-corrected chi connectivity index (χ4v) is 3.52. The van der Waals surface area contributed by atoms with Gasteiger partial charge in [-0.3, -0.25) is 9.59 Å². The van der Waals surface area contributed by atoms with Crippen LogP contribution in [0.5, 0.6) is 0 Å². The Labute approximate surface area is 153 Å². The van der Waals surface area contributed by atoms with Crippen molar-refractivity contribution in [3.63, 3.8) is 0 Å². The standard InChI is InChI=1S/C18H29N3O5/c1-25-12-16(22)19-11-15-20-18(26-21-15)14(10-17(23)24)9-5-8-13-6-3-2-4-7-13/h13-14H,2-12H2,1H3,(H,19,22)(H,23,24)/t14-/m1/s1. The maximum absolute atomic E-state index is 11.4. The number of ether oxygens (including phenoxy) is 1. The van der Waals surface area contributed by atoms with E-state index in [0.29, 0.717) is 11.7 Å². The largest absolute Gasteiger partial charge is 0.481 e. The van der Waals surface area contributed by atoms with Crippen molar-refractivity contribution in [1.82, 2.24) is 15.5 Å². The van der Waals surface area contributed by atoms with E-state index < -0.39 is 5.97 Å². The minimum atomic E-state index is -0.874. The third kappa shape index (κ3) is 7.11. The van der Waals surface area contributed by atoms with E-state index in [2.05, 4.69) is 15.5 Å². The molecule has 8 nitrogen and oxygen atoms in total. The molecule has 1 aliphatic rings. The summed E-state index contributed by atoms with van der Waals surface area (Å²) in [7, 11) is 1.44. The molecule has 1 atom stereocenters. The monoisotopic (exact) mass is 367 g/mol. The first-order valence-electron chi connectivity index (χ1n) is 9.38. The van der Waals surface area contributed by atoms with E-state index in [1.807, 2.05) is 0 Å². The van der Waals surface area contributed by atoms with Crippen molar-refractivity contribution < 1.29 is 24.0 Å².